The lowest BCUT2D eigenvalue weighted by atomic mass is 10.2. The van der Waals surface area contributed by atoms with Crippen molar-refractivity contribution in [1.29, 1.82) is 0 Å². The molecule has 1 N–H and O–H groups in total. The fraction of sp³-hybridized carbons (Fsp3) is 0.211. The third-order valence-electron chi connectivity index (χ3n) is 4.08. The standard InChI is InChI=1S/C19H19ClN2O2S2/c1-12-10-18(13(2)9-16(12)20)26(23,24)21-11-17-14(3)22-19(25-17)15-7-5-4-6-8-15/h4-10,21H,11H2,1-3H3. The van der Waals surface area contributed by atoms with Gasteiger partial charge in [0.1, 0.15) is 5.01 Å². The third-order valence-corrected chi connectivity index (χ3v) is 7.24. The second-order valence-electron chi connectivity index (χ2n) is 6.09. The summed E-state index contributed by atoms with van der Waals surface area (Å²) in [4.78, 5) is 5.72. The zero-order valence-corrected chi connectivity index (χ0v) is 17.1. The van der Waals surface area contributed by atoms with Crippen molar-refractivity contribution in [2.45, 2.75) is 32.2 Å². The van der Waals surface area contributed by atoms with Crippen molar-refractivity contribution in [3.05, 3.63) is 69.2 Å². The molecule has 0 saturated heterocycles. The first-order valence-corrected chi connectivity index (χ1v) is 10.7. The van der Waals surface area contributed by atoms with E-state index in [0.717, 1.165) is 26.7 Å². The first-order chi connectivity index (χ1) is 12.3. The van der Waals surface area contributed by atoms with Crippen molar-refractivity contribution in [1.82, 2.24) is 9.71 Å². The zero-order valence-electron chi connectivity index (χ0n) is 14.7. The summed E-state index contributed by atoms with van der Waals surface area (Å²) in [5.74, 6) is 0. The number of aryl methyl sites for hydroxylation is 3. The summed E-state index contributed by atoms with van der Waals surface area (Å²) >= 11 is 7.57. The molecule has 0 aliphatic heterocycles. The van der Waals surface area contributed by atoms with Crippen LogP contribution in [0.5, 0.6) is 0 Å². The molecular formula is C19H19ClN2O2S2. The van der Waals surface area contributed by atoms with Crippen LogP contribution in [0, 0.1) is 20.8 Å². The Morgan fingerprint density at radius 1 is 1.08 bits per heavy atom. The van der Waals surface area contributed by atoms with Crippen LogP contribution >= 0.6 is 22.9 Å². The van der Waals surface area contributed by atoms with Gasteiger partial charge in [0, 0.05) is 22.0 Å². The molecule has 3 rings (SSSR count). The first kappa shape index (κ1) is 19.0. The minimum Gasteiger partial charge on any atom is -0.241 e. The predicted octanol–water partition coefficient (Wildman–Crippen LogP) is 4.87. The molecule has 0 atom stereocenters. The molecule has 0 aliphatic rings. The van der Waals surface area contributed by atoms with E-state index in [1.54, 1.807) is 26.0 Å². The van der Waals surface area contributed by atoms with E-state index in [1.807, 2.05) is 37.3 Å². The molecule has 136 valence electrons. The molecule has 2 aromatic carbocycles. The number of benzene rings is 2. The Balaban J connectivity index is 1.83. The normalized spacial score (nSPS) is 11.7. The highest BCUT2D eigenvalue weighted by Crippen LogP contribution is 2.28. The molecule has 4 nitrogen and oxygen atoms in total. The maximum absolute atomic E-state index is 12.7. The third kappa shape index (κ3) is 3.99. The SMILES string of the molecule is Cc1cc(S(=O)(=O)NCc2sc(-c3ccccc3)nc2C)c(C)cc1Cl. The number of hydrogen-bond acceptors (Lipinski definition) is 4. The van der Waals surface area contributed by atoms with Gasteiger partial charge in [-0.1, -0.05) is 41.9 Å². The van der Waals surface area contributed by atoms with Gasteiger partial charge in [-0.25, -0.2) is 18.1 Å². The van der Waals surface area contributed by atoms with E-state index in [0.29, 0.717) is 10.6 Å². The largest absolute Gasteiger partial charge is 0.241 e. The van der Waals surface area contributed by atoms with Gasteiger partial charge in [-0.05, 0) is 44.0 Å². The summed E-state index contributed by atoms with van der Waals surface area (Å²) < 4.78 is 28.1. The predicted molar refractivity (Wildman–Crippen MR) is 107 cm³/mol. The van der Waals surface area contributed by atoms with E-state index in [1.165, 1.54) is 11.3 Å². The molecule has 26 heavy (non-hydrogen) atoms. The molecule has 1 heterocycles. The number of aromatic nitrogens is 1. The number of halogens is 1. The summed E-state index contributed by atoms with van der Waals surface area (Å²) in [5.41, 5.74) is 3.22. The van der Waals surface area contributed by atoms with Crippen molar-refractivity contribution in [2.24, 2.45) is 0 Å². The lowest BCUT2D eigenvalue weighted by molar-refractivity contribution is 0.581. The topological polar surface area (TPSA) is 59.1 Å². The van der Waals surface area contributed by atoms with Crippen LogP contribution in [0.15, 0.2) is 47.4 Å². The first-order valence-electron chi connectivity index (χ1n) is 8.06. The van der Waals surface area contributed by atoms with E-state index in [9.17, 15) is 8.42 Å². The second-order valence-corrected chi connectivity index (χ2v) is 9.31. The summed E-state index contributed by atoms with van der Waals surface area (Å²) in [6.07, 6.45) is 0. The highest BCUT2D eigenvalue weighted by Gasteiger charge is 2.19. The molecule has 7 heteroatoms. The summed E-state index contributed by atoms with van der Waals surface area (Å²) in [5, 5.41) is 1.45. The summed E-state index contributed by atoms with van der Waals surface area (Å²) in [7, 11) is -3.63. The van der Waals surface area contributed by atoms with Crippen LogP contribution in [0.3, 0.4) is 0 Å². The Labute approximate surface area is 162 Å². The summed E-state index contributed by atoms with van der Waals surface area (Å²) in [6, 6.07) is 13.1. The highest BCUT2D eigenvalue weighted by atomic mass is 35.5. The van der Waals surface area contributed by atoms with Crippen LogP contribution in [0.25, 0.3) is 10.6 Å². The molecule has 0 spiro atoms. The van der Waals surface area contributed by atoms with Crippen LogP contribution in [-0.4, -0.2) is 13.4 Å². The quantitative estimate of drug-likeness (QED) is 0.657. The van der Waals surface area contributed by atoms with Gasteiger partial charge in [0.15, 0.2) is 0 Å². The van der Waals surface area contributed by atoms with Crippen molar-refractivity contribution < 1.29 is 8.42 Å². The van der Waals surface area contributed by atoms with Gasteiger partial charge in [-0.15, -0.1) is 11.3 Å². The van der Waals surface area contributed by atoms with E-state index in [2.05, 4.69) is 9.71 Å². The van der Waals surface area contributed by atoms with Crippen molar-refractivity contribution in [3.8, 4) is 10.6 Å². The van der Waals surface area contributed by atoms with Crippen LogP contribution in [0.4, 0.5) is 0 Å². The number of rotatable bonds is 5. The Bertz CT molecular complexity index is 1040. The zero-order chi connectivity index (χ0) is 18.9. The van der Waals surface area contributed by atoms with E-state index < -0.39 is 10.0 Å². The van der Waals surface area contributed by atoms with Crippen molar-refractivity contribution >= 4 is 33.0 Å². The molecule has 0 amide bonds. The van der Waals surface area contributed by atoms with Crippen molar-refractivity contribution in [2.75, 3.05) is 0 Å². The van der Waals surface area contributed by atoms with E-state index >= 15 is 0 Å². The van der Waals surface area contributed by atoms with Crippen LogP contribution in [-0.2, 0) is 16.6 Å². The molecule has 3 aromatic rings. The molecule has 0 bridgehead atoms. The Morgan fingerprint density at radius 2 is 1.77 bits per heavy atom. The van der Waals surface area contributed by atoms with Gasteiger partial charge >= 0.3 is 0 Å². The van der Waals surface area contributed by atoms with Crippen molar-refractivity contribution in [3.63, 3.8) is 0 Å². The van der Waals surface area contributed by atoms with Gasteiger partial charge < -0.3 is 0 Å². The van der Waals surface area contributed by atoms with Gasteiger partial charge in [0.25, 0.3) is 0 Å². The number of hydrogen-bond donors (Lipinski definition) is 1. The molecule has 1 aromatic heterocycles. The maximum Gasteiger partial charge on any atom is 0.241 e. The van der Waals surface area contributed by atoms with Crippen LogP contribution in [0.2, 0.25) is 5.02 Å². The van der Waals surface area contributed by atoms with Gasteiger partial charge in [0.05, 0.1) is 10.6 Å². The maximum atomic E-state index is 12.7. The smallest absolute Gasteiger partial charge is 0.241 e. The molecule has 0 aliphatic carbocycles. The number of sulfonamides is 1. The van der Waals surface area contributed by atoms with E-state index in [-0.39, 0.29) is 11.4 Å². The van der Waals surface area contributed by atoms with Gasteiger partial charge in [0.2, 0.25) is 10.0 Å². The van der Waals surface area contributed by atoms with Gasteiger partial charge in [-0.2, -0.15) is 0 Å². The second kappa shape index (κ2) is 7.48. The number of thiazole rings is 1. The minimum atomic E-state index is -3.63. The number of nitrogens with one attached hydrogen (secondary N) is 1. The van der Waals surface area contributed by atoms with Crippen LogP contribution < -0.4 is 4.72 Å². The molecule has 0 saturated carbocycles. The Morgan fingerprint density at radius 3 is 2.46 bits per heavy atom. The number of nitrogens with zero attached hydrogens (tertiary/aromatic N) is 1. The van der Waals surface area contributed by atoms with E-state index in [4.69, 9.17) is 11.6 Å². The fourth-order valence-corrected chi connectivity index (χ4v) is 5.20. The lowest BCUT2D eigenvalue weighted by Gasteiger charge is -2.11. The monoisotopic (exact) mass is 406 g/mol. The highest BCUT2D eigenvalue weighted by molar-refractivity contribution is 7.89. The molecule has 0 radical (unpaired) electrons. The Kier molecular flexibility index (Phi) is 5.48. The average Bonchev–Trinajstić information content (AvgIpc) is 2.98. The fourth-order valence-electron chi connectivity index (χ4n) is 2.58. The Hall–Kier alpha value is -1.73. The average molecular weight is 407 g/mol. The van der Waals surface area contributed by atoms with Gasteiger partial charge in [-0.3, -0.25) is 0 Å². The lowest BCUT2D eigenvalue weighted by Crippen LogP contribution is -2.24. The minimum absolute atomic E-state index is 0.208. The molecule has 0 unspecified atom stereocenters. The van der Waals surface area contributed by atoms with Crippen LogP contribution in [0.1, 0.15) is 21.7 Å². The molecular weight excluding hydrogens is 388 g/mol. The molecule has 0 fully saturated rings. The summed E-state index contributed by atoms with van der Waals surface area (Å²) in [6.45, 7) is 5.63.